The molecule has 0 spiro atoms. The van der Waals surface area contributed by atoms with Crippen molar-refractivity contribution in [3.8, 4) is 0 Å². The Kier molecular flexibility index (Phi) is 5.02. The SMILES string of the molecule is C=CC(=O)N1CCN(c2ncnc3c2CCC(c2nc(N)cc4ccccc24)C3)CC1. The molecule has 1 amide bonds. The molecule has 1 atom stereocenters. The number of pyridine rings is 1. The second-order valence-electron chi connectivity index (χ2n) is 8.23. The van der Waals surface area contributed by atoms with Crippen molar-refractivity contribution in [1.29, 1.82) is 0 Å². The van der Waals surface area contributed by atoms with E-state index in [4.69, 9.17) is 10.7 Å². The number of nitrogens with zero attached hydrogens (tertiary/aromatic N) is 5. The van der Waals surface area contributed by atoms with Crippen molar-refractivity contribution in [2.45, 2.75) is 25.2 Å². The second-order valence-corrected chi connectivity index (χ2v) is 8.23. The van der Waals surface area contributed by atoms with Crippen molar-refractivity contribution in [2.75, 3.05) is 36.8 Å². The summed E-state index contributed by atoms with van der Waals surface area (Å²) in [6, 6.07) is 10.2. The highest BCUT2D eigenvalue weighted by Gasteiger charge is 2.29. The molecule has 1 unspecified atom stereocenters. The van der Waals surface area contributed by atoms with Crippen LogP contribution in [0.2, 0.25) is 0 Å². The molecule has 158 valence electrons. The standard InChI is InChI=1S/C24H26N6O/c1-2-22(31)29-9-11-30(12-10-29)24-19-8-7-17(13-20(19)26-15-27-24)23-18-6-4-3-5-16(18)14-21(25)28-23/h2-6,14-15,17H,1,7-13H2,(H2,25,28). The lowest BCUT2D eigenvalue weighted by atomic mass is 9.83. The molecule has 31 heavy (non-hydrogen) atoms. The van der Waals surface area contributed by atoms with E-state index in [1.807, 2.05) is 17.0 Å². The number of rotatable bonds is 3. The van der Waals surface area contributed by atoms with Gasteiger partial charge in [0.05, 0.1) is 5.69 Å². The van der Waals surface area contributed by atoms with Crippen LogP contribution in [0.1, 0.15) is 29.3 Å². The van der Waals surface area contributed by atoms with Crippen LogP contribution >= 0.6 is 0 Å². The fourth-order valence-electron chi connectivity index (χ4n) is 4.86. The first-order valence-corrected chi connectivity index (χ1v) is 10.8. The van der Waals surface area contributed by atoms with E-state index in [1.165, 1.54) is 17.0 Å². The molecular formula is C24H26N6O. The fourth-order valence-corrected chi connectivity index (χ4v) is 4.86. The molecule has 2 aromatic heterocycles. The summed E-state index contributed by atoms with van der Waals surface area (Å²) >= 11 is 0. The highest BCUT2D eigenvalue weighted by molar-refractivity contribution is 5.87. The predicted molar refractivity (Wildman–Crippen MR) is 122 cm³/mol. The van der Waals surface area contributed by atoms with Gasteiger partial charge < -0.3 is 15.5 Å². The summed E-state index contributed by atoms with van der Waals surface area (Å²) in [6.07, 6.45) is 5.79. The zero-order valence-corrected chi connectivity index (χ0v) is 17.5. The smallest absolute Gasteiger partial charge is 0.246 e. The number of benzene rings is 1. The van der Waals surface area contributed by atoms with Crippen molar-refractivity contribution in [2.24, 2.45) is 0 Å². The van der Waals surface area contributed by atoms with Gasteiger partial charge in [-0.2, -0.15) is 0 Å². The number of carbonyl (C=O) groups excluding carboxylic acids is 1. The van der Waals surface area contributed by atoms with Crippen LogP contribution in [-0.2, 0) is 17.6 Å². The Morgan fingerprint density at radius 2 is 1.97 bits per heavy atom. The Hall–Kier alpha value is -3.48. The van der Waals surface area contributed by atoms with Crippen molar-refractivity contribution in [3.05, 3.63) is 66.3 Å². The van der Waals surface area contributed by atoms with Crippen molar-refractivity contribution < 1.29 is 4.79 Å². The molecule has 3 heterocycles. The normalized spacial score (nSPS) is 18.6. The minimum absolute atomic E-state index is 0.00549. The maximum absolute atomic E-state index is 11.9. The third-order valence-electron chi connectivity index (χ3n) is 6.44. The fraction of sp³-hybridized carbons (Fsp3) is 0.333. The summed E-state index contributed by atoms with van der Waals surface area (Å²) in [7, 11) is 0. The number of fused-ring (bicyclic) bond motifs is 2. The molecule has 0 radical (unpaired) electrons. The lowest BCUT2D eigenvalue weighted by molar-refractivity contribution is -0.126. The molecule has 0 bridgehead atoms. The van der Waals surface area contributed by atoms with Crippen molar-refractivity contribution in [3.63, 3.8) is 0 Å². The molecule has 7 heteroatoms. The first kappa shape index (κ1) is 19.5. The van der Waals surface area contributed by atoms with Crippen LogP contribution in [-0.4, -0.2) is 51.9 Å². The summed E-state index contributed by atoms with van der Waals surface area (Å²) in [6.45, 7) is 6.50. The number of nitrogens with two attached hydrogens (primary N) is 1. The van der Waals surface area contributed by atoms with Gasteiger partial charge in [0.15, 0.2) is 0 Å². The summed E-state index contributed by atoms with van der Waals surface area (Å²) in [5.41, 5.74) is 9.51. The van der Waals surface area contributed by atoms with Gasteiger partial charge in [-0.05, 0) is 36.8 Å². The maximum Gasteiger partial charge on any atom is 0.246 e. The maximum atomic E-state index is 11.9. The van der Waals surface area contributed by atoms with E-state index in [-0.39, 0.29) is 11.8 Å². The van der Waals surface area contributed by atoms with E-state index in [0.717, 1.165) is 54.9 Å². The molecule has 2 aliphatic rings. The molecular weight excluding hydrogens is 388 g/mol. The van der Waals surface area contributed by atoms with Gasteiger partial charge in [0.25, 0.3) is 0 Å². The summed E-state index contributed by atoms with van der Waals surface area (Å²) in [5, 5.41) is 2.30. The van der Waals surface area contributed by atoms with Gasteiger partial charge in [-0.1, -0.05) is 30.8 Å². The Labute approximate surface area is 181 Å². The van der Waals surface area contributed by atoms with Crippen molar-refractivity contribution >= 4 is 28.3 Å². The van der Waals surface area contributed by atoms with Gasteiger partial charge in [-0.3, -0.25) is 4.79 Å². The lowest BCUT2D eigenvalue weighted by Crippen LogP contribution is -2.49. The third-order valence-corrected chi connectivity index (χ3v) is 6.44. The number of amides is 1. The van der Waals surface area contributed by atoms with Crippen LogP contribution in [0.4, 0.5) is 11.6 Å². The number of nitrogen functional groups attached to an aromatic ring is 1. The van der Waals surface area contributed by atoms with Crippen molar-refractivity contribution in [1.82, 2.24) is 19.9 Å². The van der Waals surface area contributed by atoms with Crippen LogP contribution in [0.15, 0.2) is 49.3 Å². The Morgan fingerprint density at radius 1 is 1.16 bits per heavy atom. The zero-order chi connectivity index (χ0) is 21.4. The van der Waals surface area contributed by atoms with Gasteiger partial charge >= 0.3 is 0 Å². The minimum atomic E-state index is -0.00549. The van der Waals surface area contributed by atoms with Crippen LogP contribution in [0.3, 0.4) is 0 Å². The molecule has 5 rings (SSSR count). The van der Waals surface area contributed by atoms with Gasteiger partial charge in [0.2, 0.25) is 5.91 Å². The number of hydrogen-bond donors (Lipinski definition) is 1. The highest BCUT2D eigenvalue weighted by Crippen LogP contribution is 2.37. The summed E-state index contributed by atoms with van der Waals surface area (Å²) < 4.78 is 0. The second kappa shape index (κ2) is 7.98. The number of aromatic nitrogens is 3. The topological polar surface area (TPSA) is 88.2 Å². The van der Waals surface area contributed by atoms with Gasteiger partial charge in [0, 0.05) is 48.7 Å². The largest absolute Gasteiger partial charge is 0.384 e. The molecule has 1 fully saturated rings. The third kappa shape index (κ3) is 3.60. The minimum Gasteiger partial charge on any atom is -0.384 e. The van der Waals surface area contributed by atoms with E-state index < -0.39 is 0 Å². The van der Waals surface area contributed by atoms with Crippen LogP contribution in [0.5, 0.6) is 0 Å². The van der Waals surface area contributed by atoms with Crippen LogP contribution in [0.25, 0.3) is 10.8 Å². The first-order chi connectivity index (χ1) is 15.1. The van der Waals surface area contributed by atoms with E-state index in [2.05, 4.69) is 39.6 Å². The monoisotopic (exact) mass is 414 g/mol. The number of piperazine rings is 1. The molecule has 3 aromatic rings. The quantitative estimate of drug-likeness (QED) is 0.663. The Morgan fingerprint density at radius 3 is 2.77 bits per heavy atom. The zero-order valence-electron chi connectivity index (χ0n) is 17.5. The predicted octanol–water partition coefficient (Wildman–Crippen LogP) is 2.71. The average Bonchev–Trinajstić information content (AvgIpc) is 2.82. The molecule has 1 aromatic carbocycles. The van der Waals surface area contributed by atoms with E-state index in [0.29, 0.717) is 18.9 Å². The van der Waals surface area contributed by atoms with Crippen LogP contribution in [0, 0.1) is 0 Å². The first-order valence-electron chi connectivity index (χ1n) is 10.8. The van der Waals surface area contributed by atoms with Crippen LogP contribution < -0.4 is 10.6 Å². The molecule has 1 saturated heterocycles. The Balaban J connectivity index is 1.40. The van der Waals surface area contributed by atoms with E-state index >= 15 is 0 Å². The van der Waals surface area contributed by atoms with Gasteiger partial charge in [-0.25, -0.2) is 15.0 Å². The number of hydrogen-bond acceptors (Lipinski definition) is 6. The Bertz CT molecular complexity index is 1150. The molecule has 1 aliphatic heterocycles. The molecule has 7 nitrogen and oxygen atoms in total. The summed E-state index contributed by atoms with van der Waals surface area (Å²) in [4.78, 5) is 30.0. The number of carbonyl (C=O) groups is 1. The molecule has 1 aliphatic carbocycles. The lowest BCUT2D eigenvalue weighted by Gasteiger charge is -2.37. The van der Waals surface area contributed by atoms with E-state index in [1.54, 1.807) is 6.33 Å². The van der Waals surface area contributed by atoms with Gasteiger partial charge in [0.1, 0.15) is 18.0 Å². The molecule has 2 N–H and O–H groups in total. The van der Waals surface area contributed by atoms with E-state index in [9.17, 15) is 4.79 Å². The summed E-state index contributed by atoms with van der Waals surface area (Å²) in [5.74, 6) is 1.86. The molecule has 0 saturated carbocycles. The number of anilines is 2. The average molecular weight is 415 g/mol. The van der Waals surface area contributed by atoms with Gasteiger partial charge in [-0.15, -0.1) is 0 Å². The highest BCUT2D eigenvalue weighted by atomic mass is 16.2.